The van der Waals surface area contributed by atoms with Gasteiger partial charge < -0.3 is 15.0 Å². The van der Waals surface area contributed by atoms with Crippen molar-refractivity contribution in [1.82, 2.24) is 10.2 Å². The van der Waals surface area contributed by atoms with E-state index in [1.807, 2.05) is 55.4 Å². The molecule has 0 aromatic heterocycles. The number of rotatable bonds is 7. The van der Waals surface area contributed by atoms with E-state index in [0.717, 1.165) is 12.5 Å². The Morgan fingerprint density at radius 1 is 0.957 bits per heavy atom. The predicted octanol–water partition coefficient (Wildman–Crippen LogP) is 2.91. The van der Waals surface area contributed by atoms with Crippen LogP contribution in [0.3, 0.4) is 0 Å². The quantitative estimate of drug-likeness (QED) is 0.485. The Bertz CT molecular complexity index is 582. The minimum atomic E-state index is 0.640. The molecule has 0 aliphatic rings. The Kier molecular flexibility index (Phi) is 7.14. The number of guanidine groups is 1. The Morgan fingerprint density at radius 3 is 2.17 bits per heavy atom. The van der Waals surface area contributed by atoms with Crippen molar-refractivity contribution in [3.8, 4) is 0 Å². The monoisotopic (exact) mass is 311 g/mol. The number of hydrogen-bond acceptors (Lipinski definition) is 2. The van der Waals surface area contributed by atoms with Gasteiger partial charge in [-0.2, -0.15) is 0 Å². The lowest BCUT2D eigenvalue weighted by atomic mass is 10.2. The first kappa shape index (κ1) is 17.0. The van der Waals surface area contributed by atoms with E-state index in [2.05, 4.69) is 34.6 Å². The number of benzene rings is 2. The molecular weight excluding hydrogens is 286 g/mol. The zero-order valence-corrected chi connectivity index (χ0v) is 13.9. The molecule has 122 valence electrons. The van der Waals surface area contributed by atoms with Gasteiger partial charge in [0.2, 0.25) is 0 Å². The van der Waals surface area contributed by atoms with Gasteiger partial charge in [-0.05, 0) is 11.1 Å². The first-order chi connectivity index (χ1) is 11.3. The number of nitrogens with zero attached hydrogens (tertiary/aromatic N) is 2. The van der Waals surface area contributed by atoms with Crippen LogP contribution in [0.1, 0.15) is 11.1 Å². The minimum absolute atomic E-state index is 0.640. The molecule has 2 aromatic carbocycles. The molecule has 1 N–H and O–H groups in total. The van der Waals surface area contributed by atoms with Crippen LogP contribution in [-0.2, 0) is 17.9 Å². The molecule has 0 amide bonds. The summed E-state index contributed by atoms with van der Waals surface area (Å²) in [5.41, 5.74) is 2.40. The molecule has 0 unspecified atom stereocenters. The molecule has 0 atom stereocenters. The van der Waals surface area contributed by atoms with Gasteiger partial charge in [-0.25, -0.2) is 4.99 Å². The summed E-state index contributed by atoms with van der Waals surface area (Å²) >= 11 is 0. The van der Waals surface area contributed by atoms with Gasteiger partial charge in [0.1, 0.15) is 0 Å². The van der Waals surface area contributed by atoms with Crippen LogP contribution in [0.2, 0.25) is 0 Å². The van der Waals surface area contributed by atoms with E-state index in [1.54, 1.807) is 0 Å². The van der Waals surface area contributed by atoms with Gasteiger partial charge >= 0.3 is 0 Å². The lowest BCUT2D eigenvalue weighted by Crippen LogP contribution is -2.38. The Balaban J connectivity index is 1.72. The topological polar surface area (TPSA) is 36.9 Å². The Labute approximate surface area is 138 Å². The molecule has 0 radical (unpaired) electrons. The van der Waals surface area contributed by atoms with Crippen LogP contribution in [0.5, 0.6) is 0 Å². The summed E-state index contributed by atoms with van der Waals surface area (Å²) in [5, 5.41) is 3.33. The molecule has 0 heterocycles. The Morgan fingerprint density at radius 2 is 1.57 bits per heavy atom. The van der Waals surface area contributed by atoms with Crippen molar-refractivity contribution in [3.63, 3.8) is 0 Å². The molecule has 0 aliphatic carbocycles. The molecular formula is C19H25N3O. The second-order valence-electron chi connectivity index (χ2n) is 5.48. The van der Waals surface area contributed by atoms with Crippen LogP contribution in [0.25, 0.3) is 0 Å². The number of hydrogen-bond donors (Lipinski definition) is 1. The molecule has 0 saturated carbocycles. The third-order valence-corrected chi connectivity index (χ3v) is 3.32. The largest absolute Gasteiger partial charge is 0.375 e. The maximum atomic E-state index is 5.68. The lowest BCUT2D eigenvalue weighted by molar-refractivity contribution is 0.125. The van der Waals surface area contributed by atoms with Crippen LogP contribution in [-0.4, -0.2) is 38.1 Å². The highest BCUT2D eigenvalue weighted by molar-refractivity contribution is 5.79. The minimum Gasteiger partial charge on any atom is -0.375 e. The molecule has 2 rings (SSSR count). The molecule has 4 heteroatoms. The van der Waals surface area contributed by atoms with Crippen molar-refractivity contribution in [2.24, 2.45) is 4.99 Å². The number of nitrogens with one attached hydrogen (secondary N) is 1. The zero-order chi connectivity index (χ0) is 16.3. The van der Waals surface area contributed by atoms with Crippen molar-refractivity contribution < 1.29 is 4.74 Å². The SMILES string of the molecule is CN(C)C(=NCc1ccccc1)NCCOCc1ccccc1. The highest BCUT2D eigenvalue weighted by atomic mass is 16.5. The van der Waals surface area contributed by atoms with Gasteiger partial charge in [0.25, 0.3) is 0 Å². The summed E-state index contributed by atoms with van der Waals surface area (Å²) in [6, 6.07) is 20.4. The molecule has 0 aliphatic heterocycles. The second-order valence-corrected chi connectivity index (χ2v) is 5.48. The predicted molar refractivity (Wildman–Crippen MR) is 95.4 cm³/mol. The van der Waals surface area contributed by atoms with Crippen LogP contribution >= 0.6 is 0 Å². The van der Waals surface area contributed by atoms with E-state index in [0.29, 0.717) is 19.8 Å². The van der Waals surface area contributed by atoms with Crippen molar-refractivity contribution in [2.75, 3.05) is 27.2 Å². The summed E-state index contributed by atoms with van der Waals surface area (Å²) < 4.78 is 5.68. The standard InChI is InChI=1S/C19H25N3O/c1-22(2)19(21-15-17-9-5-3-6-10-17)20-13-14-23-16-18-11-7-4-8-12-18/h3-12H,13-16H2,1-2H3,(H,20,21). The van der Waals surface area contributed by atoms with Crippen molar-refractivity contribution in [1.29, 1.82) is 0 Å². The lowest BCUT2D eigenvalue weighted by Gasteiger charge is -2.17. The van der Waals surface area contributed by atoms with E-state index in [4.69, 9.17) is 4.74 Å². The fourth-order valence-electron chi connectivity index (χ4n) is 2.10. The van der Waals surface area contributed by atoms with Crippen LogP contribution in [0, 0.1) is 0 Å². The molecule has 0 spiro atoms. The third-order valence-electron chi connectivity index (χ3n) is 3.32. The van der Waals surface area contributed by atoms with Gasteiger partial charge in [0.15, 0.2) is 5.96 Å². The van der Waals surface area contributed by atoms with E-state index in [9.17, 15) is 0 Å². The molecule has 0 bridgehead atoms. The van der Waals surface area contributed by atoms with Crippen LogP contribution in [0.4, 0.5) is 0 Å². The van der Waals surface area contributed by atoms with Crippen molar-refractivity contribution in [3.05, 3.63) is 71.8 Å². The third kappa shape index (κ3) is 6.53. The van der Waals surface area contributed by atoms with Crippen LogP contribution < -0.4 is 5.32 Å². The smallest absolute Gasteiger partial charge is 0.193 e. The summed E-state index contributed by atoms with van der Waals surface area (Å²) in [7, 11) is 3.98. The fraction of sp³-hybridized carbons (Fsp3) is 0.316. The zero-order valence-electron chi connectivity index (χ0n) is 13.9. The maximum absolute atomic E-state index is 5.68. The van der Waals surface area contributed by atoms with Gasteiger partial charge in [-0.15, -0.1) is 0 Å². The molecule has 23 heavy (non-hydrogen) atoms. The molecule has 4 nitrogen and oxygen atoms in total. The normalized spacial score (nSPS) is 11.3. The van der Waals surface area contributed by atoms with Gasteiger partial charge in [-0.3, -0.25) is 0 Å². The first-order valence-electron chi connectivity index (χ1n) is 7.87. The highest BCUT2D eigenvalue weighted by Crippen LogP contribution is 2.01. The summed E-state index contributed by atoms with van der Waals surface area (Å²) in [4.78, 5) is 6.61. The van der Waals surface area contributed by atoms with Gasteiger partial charge in [0, 0.05) is 20.6 Å². The number of aliphatic imine (C=N–C) groups is 1. The van der Waals surface area contributed by atoms with Crippen molar-refractivity contribution >= 4 is 5.96 Å². The van der Waals surface area contributed by atoms with Gasteiger partial charge in [-0.1, -0.05) is 60.7 Å². The van der Waals surface area contributed by atoms with E-state index in [1.165, 1.54) is 11.1 Å². The summed E-state index contributed by atoms with van der Waals surface area (Å²) in [5.74, 6) is 0.872. The fourth-order valence-corrected chi connectivity index (χ4v) is 2.10. The summed E-state index contributed by atoms with van der Waals surface area (Å²) in [6.07, 6.45) is 0. The number of ether oxygens (including phenoxy) is 1. The average Bonchev–Trinajstić information content (AvgIpc) is 2.59. The first-order valence-corrected chi connectivity index (χ1v) is 7.87. The van der Waals surface area contributed by atoms with Gasteiger partial charge in [0.05, 0.1) is 19.8 Å². The second kappa shape index (κ2) is 9.64. The van der Waals surface area contributed by atoms with E-state index >= 15 is 0 Å². The maximum Gasteiger partial charge on any atom is 0.193 e. The Hall–Kier alpha value is -2.33. The van der Waals surface area contributed by atoms with Crippen molar-refractivity contribution in [2.45, 2.75) is 13.2 Å². The molecule has 0 fully saturated rings. The molecule has 2 aromatic rings. The highest BCUT2D eigenvalue weighted by Gasteiger charge is 2.01. The summed E-state index contributed by atoms with van der Waals surface area (Å²) in [6.45, 7) is 2.69. The average molecular weight is 311 g/mol. The van der Waals surface area contributed by atoms with E-state index < -0.39 is 0 Å². The molecule has 0 saturated heterocycles. The van der Waals surface area contributed by atoms with Crippen LogP contribution in [0.15, 0.2) is 65.7 Å². The van der Waals surface area contributed by atoms with E-state index in [-0.39, 0.29) is 0 Å².